The first-order valence-electron chi connectivity index (χ1n) is 8.96. The number of hydrogen-bond acceptors (Lipinski definition) is 7. The van der Waals surface area contributed by atoms with Crippen molar-refractivity contribution in [3.05, 3.63) is 59.7 Å². The molecule has 0 radical (unpaired) electrons. The van der Waals surface area contributed by atoms with Crippen molar-refractivity contribution in [2.24, 2.45) is 0 Å². The lowest BCUT2D eigenvalue weighted by atomic mass is 10.1. The van der Waals surface area contributed by atoms with E-state index >= 15 is 0 Å². The van der Waals surface area contributed by atoms with Crippen molar-refractivity contribution in [1.29, 1.82) is 0 Å². The summed E-state index contributed by atoms with van der Waals surface area (Å²) < 4.78 is 10.5. The van der Waals surface area contributed by atoms with E-state index in [4.69, 9.17) is 9.47 Å². The number of barbiturate groups is 1. The number of nitrogens with one attached hydrogen (secondary N) is 1. The van der Waals surface area contributed by atoms with Crippen LogP contribution in [0.1, 0.15) is 12.5 Å². The van der Waals surface area contributed by atoms with E-state index in [9.17, 15) is 24.3 Å². The Hall–Kier alpha value is -4.14. The molecule has 0 bridgehead atoms. The van der Waals surface area contributed by atoms with Gasteiger partial charge in [-0.3, -0.25) is 14.9 Å². The Morgan fingerprint density at radius 2 is 1.77 bits per heavy atom. The van der Waals surface area contributed by atoms with Crippen LogP contribution in [0.2, 0.25) is 0 Å². The van der Waals surface area contributed by atoms with Crippen molar-refractivity contribution in [1.82, 2.24) is 5.32 Å². The molecule has 154 valence electrons. The van der Waals surface area contributed by atoms with Gasteiger partial charge in [0.15, 0.2) is 0 Å². The maximum absolute atomic E-state index is 12.9. The monoisotopic (exact) mass is 409 g/mol. The third-order valence-corrected chi connectivity index (χ3v) is 4.07. The number of anilines is 1. The van der Waals surface area contributed by atoms with Gasteiger partial charge in [0.1, 0.15) is 23.7 Å². The molecule has 30 heavy (non-hydrogen) atoms. The van der Waals surface area contributed by atoms with Crippen LogP contribution in [0.25, 0.3) is 6.08 Å². The molecule has 0 atom stereocenters. The predicted molar refractivity (Wildman–Crippen MR) is 104 cm³/mol. The maximum atomic E-state index is 12.9. The van der Waals surface area contributed by atoms with Gasteiger partial charge in [0.25, 0.3) is 11.8 Å². The van der Waals surface area contributed by atoms with Crippen molar-refractivity contribution in [3.63, 3.8) is 0 Å². The Morgan fingerprint density at radius 1 is 1.07 bits per heavy atom. The summed E-state index contributed by atoms with van der Waals surface area (Å²) in [4.78, 5) is 49.0. The van der Waals surface area contributed by atoms with Gasteiger partial charge in [-0.25, -0.2) is 9.69 Å². The SMILES string of the molecule is CCOc1ccc(N2C(=O)NC(=O)C(=Cc3ccccc3OCC(=O)[O-])C2=O)cc1. The van der Waals surface area contributed by atoms with Crippen LogP contribution in [-0.2, 0) is 14.4 Å². The summed E-state index contributed by atoms with van der Waals surface area (Å²) in [6.45, 7) is 1.59. The fourth-order valence-electron chi connectivity index (χ4n) is 2.77. The standard InChI is InChI=1S/C21H18N2O7/c1-2-29-15-9-7-14(8-10-15)23-20(27)16(19(26)22-21(23)28)11-13-5-3-4-6-17(13)30-12-18(24)25/h3-11H,2,12H2,1H3,(H,24,25)(H,22,26,28)/p-1. The average Bonchev–Trinajstić information content (AvgIpc) is 2.71. The first-order valence-corrected chi connectivity index (χ1v) is 8.96. The molecular formula is C21H17N2O7-. The highest BCUT2D eigenvalue weighted by atomic mass is 16.5. The number of carboxylic acid groups (broad SMARTS) is 1. The van der Waals surface area contributed by atoms with E-state index in [0.717, 1.165) is 4.90 Å². The number of carbonyl (C=O) groups is 4. The number of carbonyl (C=O) groups excluding carboxylic acids is 4. The summed E-state index contributed by atoms with van der Waals surface area (Å²) in [5.74, 6) is -2.42. The van der Waals surface area contributed by atoms with Crippen LogP contribution in [0.5, 0.6) is 11.5 Å². The summed E-state index contributed by atoms with van der Waals surface area (Å²) in [5.41, 5.74) is 0.229. The van der Waals surface area contributed by atoms with Crippen LogP contribution in [0, 0.1) is 0 Å². The van der Waals surface area contributed by atoms with Crippen molar-refractivity contribution >= 4 is 35.6 Å². The quantitative estimate of drug-likeness (QED) is 0.532. The molecule has 1 aliphatic heterocycles. The molecule has 0 spiro atoms. The van der Waals surface area contributed by atoms with Gasteiger partial charge in [-0.2, -0.15) is 0 Å². The van der Waals surface area contributed by atoms with E-state index in [1.165, 1.54) is 30.3 Å². The minimum absolute atomic E-state index is 0.138. The molecule has 9 nitrogen and oxygen atoms in total. The Morgan fingerprint density at radius 3 is 2.43 bits per heavy atom. The number of ether oxygens (including phenoxy) is 2. The second-order valence-electron chi connectivity index (χ2n) is 6.08. The highest BCUT2D eigenvalue weighted by Crippen LogP contribution is 2.26. The van der Waals surface area contributed by atoms with Gasteiger partial charge in [0, 0.05) is 5.56 Å². The van der Waals surface area contributed by atoms with Crippen molar-refractivity contribution < 1.29 is 33.8 Å². The first kappa shape index (κ1) is 20.6. The molecule has 0 aromatic heterocycles. The molecule has 0 unspecified atom stereocenters. The summed E-state index contributed by atoms with van der Waals surface area (Å²) in [6.07, 6.45) is 1.23. The summed E-state index contributed by atoms with van der Waals surface area (Å²) in [5, 5.41) is 12.8. The van der Waals surface area contributed by atoms with Gasteiger partial charge in [0.2, 0.25) is 0 Å². The second kappa shape index (κ2) is 8.91. The minimum atomic E-state index is -1.42. The van der Waals surface area contributed by atoms with Crippen LogP contribution >= 0.6 is 0 Å². The van der Waals surface area contributed by atoms with E-state index in [0.29, 0.717) is 17.9 Å². The zero-order valence-electron chi connectivity index (χ0n) is 15.9. The largest absolute Gasteiger partial charge is 0.546 e. The van der Waals surface area contributed by atoms with Crippen molar-refractivity contribution in [2.75, 3.05) is 18.1 Å². The van der Waals surface area contributed by atoms with E-state index in [-0.39, 0.29) is 17.0 Å². The molecule has 3 rings (SSSR count). The average molecular weight is 409 g/mol. The lowest BCUT2D eigenvalue weighted by molar-refractivity contribution is -0.307. The first-order chi connectivity index (χ1) is 14.4. The van der Waals surface area contributed by atoms with Gasteiger partial charge in [-0.05, 0) is 43.3 Å². The number of carboxylic acids is 1. The number of urea groups is 1. The molecule has 4 amide bonds. The van der Waals surface area contributed by atoms with Crippen LogP contribution in [0.3, 0.4) is 0 Å². The summed E-state index contributed by atoms with van der Waals surface area (Å²) >= 11 is 0. The lowest BCUT2D eigenvalue weighted by Gasteiger charge is -2.26. The highest BCUT2D eigenvalue weighted by Gasteiger charge is 2.37. The van der Waals surface area contributed by atoms with Crippen LogP contribution in [-0.4, -0.2) is 37.0 Å². The number of amides is 4. The Kier molecular flexibility index (Phi) is 6.11. The second-order valence-corrected chi connectivity index (χ2v) is 6.08. The van der Waals surface area contributed by atoms with Gasteiger partial charge in [0.05, 0.1) is 18.3 Å². The number of para-hydroxylation sites is 1. The molecule has 1 saturated heterocycles. The molecule has 1 N–H and O–H groups in total. The zero-order chi connectivity index (χ0) is 21.7. The van der Waals surface area contributed by atoms with E-state index in [2.05, 4.69) is 5.32 Å². The van der Waals surface area contributed by atoms with Crippen LogP contribution < -0.4 is 24.8 Å². The Labute approximate surface area is 171 Å². The van der Waals surface area contributed by atoms with E-state index in [1.807, 2.05) is 6.92 Å². The molecule has 2 aromatic rings. The van der Waals surface area contributed by atoms with Gasteiger partial charge in [-0.15, -0.1) is 0 Å². The molecule has 0 saturated carbocycles. The smallest absolute Gasteiger partial charge is 0.335 e. The summed E-state index contributed by atoms with van der Waals surface area (Å²) in [7, 11) is 0. The number of nitrogens with zero attached hydrogens (tertiary/aromatic N) is 1. The molecule has 9 heteroatoms. The molecular weight excluding hydrogens is 392 g/mol. The van der Waals surface area contributed by atoms with Gasteiger partial charge < -0.3 is 19.4 Å². The molecule has 1 aliphatic rings. The molecule has 2 aromatic carbocycles. The molecule has 1 fully saturated rings. The van der Waals surface area contributed by atoms with Crippen LogP contribution in [0.4, 0.5) is 10.5 Å². The Balaban J connectivity index is 1.94. The fraction of sp³-hybridized carbons (Fsp3) is 0.143. The Bertz CT molecular complexity index is 1030. The number of aliphatic carboxylic acids is 1. The van der Waals surface area contributed by atoms with E-state index < -0.39 is 30.4 Å². The number of benzene rings is 2. The fourth-order valence-corrected chi connectivity index (χ4v) is 2.77. The molecule has 0 aliphatic carbocycles. The third-order valence-electron chi connectivity index (χ3n) is 4.07. The molecule has 1 heterocycles. The number of hydrogen-bond donors (Lipinski definition) is 1. The topological polar surface area (TPSA) is 125 Å². The normalized spacial score (nSPS) is 15.2. The minimum Gasteiger partial charge on any atom is -0.546 e. The lowest BCUT2D eigenvalue weighted by Crippen LogP contribution is -2.54. The zero-order valence-corrected chi connectivity index (χ0v) is 15.9. The third kappa shape index (κ3) is 4.46. The van der Waals surface area contributed by atoms with Gasteiger partial charge in [-0.1, -0.05) is 18.2 Å². The number of rotatable bonds is 7. The number of imide groups is 2. The van der Waals surface area contributed by atoms with Crippen molar-refractivity contribution in [2.45, 2.75) is 6.92 Å². The highest BCUT2D eigenvalue weighted by molar-refractivity contribution is 6.39. The van der Waals surface area contributed by atoms with E-state index in [1.54, 1.807) is 24.3 Å². The summed E-state index contributed by atoms with van der Waals surface area (Å²) in [6, 6.07) is 11.6. The van der Waals surface area contributed by atoms with Crippen LogP contribution in [0.15, 0.2) is 54.1 Å². The van der Waals surface area contributed by atoms with Gasteiger partial charge >= 0.3 is 6.03 Å². The van der Waals surface area contributed by atoms with Crippen molar-refractivity contribution in [3.8, 4) is 11.5 Å². The maximum Gasteiger partial charge on any atom is 0.335 e. The predicted octanol–water partition coefficient (Wildman–Crippen LogP) is 0.880.